The number of nitrogens with zero attached hydrogens (tertiary/aromatic N) is 1. The molecule has 2 N–H and O–H groups in total. The molecule has 1 aliphatic heterocycles. The number of aromatic nitrogens is 1. The van der Waals surface area contributed by atoms with E-state index in [4.69, 9.17) is 9.15 Å². The third kappa shape index (κ3) is 4.08. The second-order valence-corrected chi connectivity index (χ2v) is 8.32. The first-order valence-electron chi connectivity index (χ1n) is 11.1. The van der Waals surface area contributed by atoms with E-state index < -0.39 is 5.97 Å². The summed E-state index contributed by atoms with van der Waals surface area (Å²) in [6.45, 7) is 2.41. The van der Waals surface area contributed by atoms with Crippen molar-refractivity contribution < 1.29 is 18.7 Å². The van der Waals surface area contributed by atoms with E-state index >= 15 is 0 Å². The number of methoxy groups -OCH3 is 1. The summed E-state index contributed by atoms with van der Waals surface area (Å²) >= 11 is 0. The van der Waals surface area contributed by atoms with Crippen molar-refractivity contribution in [3.05, 3.63) is 107 Å². The van der Waals surface area contributed by atoms with Gasteiger partial charge in [-0.15, -0.1) is 0 Å². The highest BCUT2D eigenvalue weighted by Crippen LogP contribution is 2.25. The van der Waals surface area contributed by atoms with Gasteiger partial charge >= 0.3 is 5.97 Å². The van der Waals surface area contributed by atoms with E-state index in [9.17, 15) is 9.59 Å². The maximum atomic E-state index is 13.3. The molecule has 0 saturated carbocycles. The molecule has 1 aliphatic carbocycles. The van der Waals surface area contributed by atoms with Crippen molar-refractivity contribution in [2.24, 2.45) is 0 Å². The summed E-state index contributed by atoms with van der Waals surface area (Å²) < 4.78 is 12.3. The van der Waals surface area contributed by atoms with Gasteiger partial charge < -0.3 is 24.4 Å². The number of hydrogen-bond acceptors (Lipinski definition) is 5. The third-order valence-electron chi connectivity index (χ3n) is 6.14. The van der Waals surface area contributed by atoms with Crippen LogP contribution >= 0.6 is 0 Å². The number of benzene rings is 1. The van der Waals surface area contributed by atoms with Crippen LogP contribution in [0.2, 0.25) is 0 Å². The second-order valence-electron chi connectivity index (χ2n) is 8.32. The highest BCUT2D eigenvalue weighted by Gasteiger charge is 2.22. The lowest BCUT2D eigenvalue weighted by atomic mass is 9.98. The molecular formula is C27H25N3O4. The first kappa shape index (κ1) is 21.6. The van der Waals surface area contributed by atoms with E-state index in [0.29, 0.717) is 23.4 Å². The molecular weight excluding hydrogens is 430 g/mol. The van der Waals surface area contributed by atoms with Gasteiger partial charge in [-0.05, 0) is 36.3 Å². The Bertz CT molecular complexity index is 1370. The lowest BCUT2D eigenvalue weighted by Gasteiger charge is -2.26. The van der Waals surface area contributed by atoms with Crippen LogP contribution in [0.25, 0.3) is 11.1 Å². The Labute approximate surface area is 197 Å². The monoisotopic (exact) mass is 455 g/mol. The van der Waals surface area contributed by atoms with Gasteiger partial charge in [0.1, 0.15) is 5.69 Å². The van der Waals surface area contributed by atoms with Crippen LogP contribution in [-0.2, 0) is 11.3 Å². The zero-order valence-corrected chi connectivity index (χ0v) is 18.9. The summed E-state index contributed by atoms with van der Waals surface area (Å²) in [4.78, 5) is 25.0. The smallest absolute Gasteiger partial charge is 0.337 e. The van der Waals surface area contributed by atoms with Crippen molar-refractivity contribution in [3.8, 4) is 0 Å². The fourth-order valence-corrected chi connectivity index (χ4v) is 4.28. The number of carbonyl (C=O) groups is 2. The van der Waals surface area contributed by atoms with Crippen LogP contribution in [0.1, 0.15) is 39.4 Å². The maximum absolute atomic E-state index is 13.3. The third-order valence-corrected chi connectivity index (χ3v) is 6.14. The number of ether oxygens (including phenoxy) is 1. The van der Waals surface area contributed by atoms with Gasteiger partial charge in [0.15, 0.2) is 5.58 Å². The van der Waals surface area contributed by atoms with Gasteiger partial charge in [-0.1, -0.05) is 42.5 Å². The van der Waals surface area contributed by atoms with Crippen LogP contribution in [0.15, 0.2) is 94.8 Å². The molecule has 2 aliphatic rings. The van der Waals surface area contributed by atoms with E-state index in [2.05, 4.69) is 34.9 Å². The standard InChI is InChI=1S/C27H25N3O4/c1-17(18-7-9-20(10-8-18)27(32)33-2)28-26(31)24-15-25-23(13-14-34-25)30(24)16-21-12-11-19-5-3-4-6-22(19)29-21/h3-15,17,22,29H,16H2,1-2H3,(H,28,31)/t17-,22?/m0/s1. The quantitative estimate of drug-likeness (QED) is 0.538. The highest BCUT2D eigenvalue weighted by atomic mass is 16.5. The molecule has 34 heavy (non-hydrogen) atoms. The summed E-state index contributed by atoms with van der Waals surface area (Å²) in [5.41, 5.74) is 5.60. The summed E-state index contributed by atoms with van der Waals surface area (Å²) in [6.07, 6.45) is 14.0. The lowest BCUT2D eigenvalue weighted by molar-refractivity contribution is 0.0600. The first-order chi connectivity index (χ1) is 16.5. The number of furan rings is 1. The Morgan fingerprint density at radius 2 is 2.00 bits per heavy atom. The number of rotatable bonds is 6. The minimum atomic E-state index is -0.393. The first-order valence-corrected chi connectivity index (χ1v) is 11.1. The van der Waals surface area contributed by atoms with Crippen LogP contribution in [0.4, 0.5) is 0 Å². The molecule has 0 spiro atoms. The van der Waals surface area contributed by atoms with Crippen LogP contribution in [0.3, 0.4) is 0 Å². The molecule has 1 amide bonds. The molecule has 2 aromatic heterocycles. The summed E-state index contributed by atoms with van der Waals surface area (Å²) in [5, 5.41) is 6.60. The zero-order chi connectivity index (χ0) is 23.7. The van der Waals surface area contributed by atoms with Crippen molar-refractivity contribution in [1.29, 1.82) is 0 Å². The van der Waals surface area contributed by atoms with Crippen LogP contribution in [0, 0.1) is 0 Å². The topological polar surface area (TPSA) is 85.5 Å². The lowest BCUT2D eigenvalue weighted by Crippen LogP contribution is -2.34. The van der Waals surface area contributed by atoms with Gasteiger partial charge in [0.2, 0.25) is 0 Å². The summed E-state index contributed by atoms with van der Waals surface area (Å²) in [5.74, 6) is -0.597. The van der Waals surface area contributed by atoms with E-state index in [0.717, 1.165) is 16.8 Å². The Morgan fingerprint density at radius 3 is 2.79 bits per heavy atom. The van der Waals surface area contributed by atoms with Crippen molar-refractivity contribution >= 4 is 23.0 Å². The number of dihydropyridines is 1. The van der Waals surface area contributed by atoms with Gasteiger partial charge in [-0.2, -0.15) is 0 Å². The van der Waals surface area contributed by atoms with E-state index in [1.54, 1.807) is 24.5 Å². The van der Waals surface area contributed by atoms with Crippen molar-refractivity contribution in [2.45, 2.75) is 25.6 Å². The van der Waals surface area contributed by atoms with Gasteiger partial charge in [-0.25, -0.2) is 4.79 Å². The number of carbonyl (C=O) groups excluding carboxylic acids is 2. The molecule has 0 bridgehead atoms. The molecule has 1 aromatic carbocycles. The van der Waals surface area contributed by atoms with E-state index in [1.807, 2.05) is 41.8 Å². The number of nitrogens with one attached hydrogen (secondary N) is 2. The molecule has 0 radical (unpaired) electrons. The molecule has 2 atom stereocenters. The average molecular weight is 456 g/mol. The predicted molar refractivity (Wildman–Crippen MR) is 129 cm³/mol. The van der Waals surface area contributed by atoms with Gasteiger partial charge in [-0.3, -0.25) is 4.79 Å². The average Bonchev–Trinajstić information content (AvgIpc) is 3.46. The van der Waals surface area contributed by atoms with Crippen LogP contribution in [-0.4, -0.2) is 29.6 Å². The van der Waals surface area contributed by atoms with E-state index in [1.165, 1.54) is 12.7 Å². The molecule has 0 fully saturated rings. The fourth-order valence-electron chi connectivity index (χ4n) is 4.28. The Morgan fingerprint density at radius 1 is 1.18 bits per heavy atom. The van der Waals surface area contributed by atoms with Crippen molar-refractivity contribution in [3.63, 3.8) is 0 Å². The molecule has 3 aromatic rings. The van der Waals surface area contributed by atoms with Gasteiger partial charge in [0.05, 0.1) is 43.1 Å². The second kappa shape index (κ2) is 8.94. The predicted octanol–water partition coefficient (Wildman–Crippen LogP) is 4.42. The number of allylic oxidation sites excluding steroid dienone is 5. The molecule has 1 unspecified atom stereocenters. The number of fused-ring (bicyclic) bond motifs is 2. The number of hydrogen-bond donors (Lipinski definition) is 2. The summed E-state index contributed by atoms with van der Waals surface area (Å²) in [7, 11) is 1.35. The minimum absolute atomic E-state index is 0.130. The zero-order valence-electron chi connectivity index (χ0n) is 18.9. The molecule has 3 heterocycles. The molecule has 7 heteroatoms. The normalized spacial score (nSPS) is 17.4. The fraction of sp³-hybridized carbons (Fsp3) is 0.185. The number of amides is 1. The largest absolute Gasteiger partial charge is 0.465 e. The van der Waals surface area contributed by atoms with Crippen LogP contribution in [0.5, 0.6) is 0 Å². The van der Waals surface area contributed by atoms with Crippen molar-refractivity contribution in [1.82, 2.24) is 15.2 Å². The van der Waals surface area contributed by atoms with E-state index in [-0.39, 0.29) is 18.0 Å². The summed E-state index contributed by atoms with van der Waals surface area (Å²) in [6, 6.07) is 10.5. The van der Waals surface area contributed by atoms with Crippen LogP contribution < -0.4 is 10.6 Å². The molecule has 172 valence electrons. The number of esters is 1. The Balaban J connectivity index is 1.37. The van der Waals surface area contributed by atoms with Gasteiger partial charge in [0, 0.05) is 17.8 Å². The molecule has 0 saturated heterocycles. The highest BCUT2D eigenvalue weighted by molar-refractivity contribution is 5.97. The van der Waals surface area contributed by atoms with Crippen molar-refractivity contribution in [2.75, 3.05) is 7.11 Å². The minimum Gasteiger partial charge on any atom is -0.465 e. The maximum Gasteiger partial charge on any atom is 0.337 e. The Kier molecular flexibility index (Phi) is 5.67. The molecule has 7 nitrogen and oxygen atoms in total. The SMILES string of the molecule is COC(=O)c1ccc([C@H](C)NC(=O)c2cc3occc3n2CC2=CC=C3C=CC=CC3N2)cc1. The molecule has 5 rings (SSSR count). The Hall–Kier alpha value is -4.26. The van der Waals surface area contributed by atoms with Gasteiger partial charge in [0.25, 0.3) is 5.91 Å².